The lowest BCUT2D eigenvalue weighted by atomic mass is 9.90. The third-order valence-corrected chi connectivity index (χ3v) is 8.13. The molecule has 0 aromatic heterocycles. The van der Waals surface area contributed by atoms with Crippen LogP contribution in [0.5, 0.6) is 5.75 Å². The molecule has 200 valence electrons. The van der Waals surface area contributed by atoms with Gasteiger partial charge in [0.15, 0.2) is 0 Å². The highest BCUT2D eigenvalue weighted by Gasteiger charge is 2.31. The normalized spacial score (nSPS) is 17.3. The van der Waals surface area contributed by atoms with Crippen molar-refractivity contribution in [2.45, 2.75) is 44.8 Å². The smallest absolute Gasteiger partial charge is 0.227 e. The van der Waals surface area contributed by atoms with Gasteiger partial charge >= 0.3 is 0 Å². The molecule has 3 aromatic rings. The number of hydrogen-bond acceptors (Lipinski definition) is 4. The molecule has 7 heteroatoms. The summed E-state index contributed by atoms with van der Waals surface area (Å²) in [7, 11) is 0. The van der Waals surface area contributed by atoms with Crippen molar-refractivity contribution in [3.63, 3.8) is 0 Å². The van der Waals surface area contributed by atoms with Crippen molar-refractivity contribution in [2.24, 2.45) is 5.92 Å². The molecular formula is C31H34Cl2N2O3. The van der Waals surface area contributed by atoms with Gasteiger partial charge in [0.2, 0.25) is 5.91 Å². The Kier molecular flexibility index (Phi) is 8.90. The minimum Gasteiger partial charge on any atom is -0.489 e. The molecule has 1 unspecified atom stereocenters. The molecular weight excluding hydrogens is 519 g/mol. The summed E-state index contributed by atoms with van der Waals surface area (Å²) in [6.07, 6.45) is 3.58. The van der Waals surface area contributed by atoms with Gasteiger partial charge in [0.1, 0.15) is 18.5 Å². The van der Waals surface area contributed by atoms with E-state index in [0.29, 0.717) is 53.3 Å². The number of amides is 1. The molecule has 3 aromatic carbocycles. The molecule has 0 aliphatic carbocycles. The van der Waals surface area contributed by atoms with Crippen LogP contribution in [0, 0.1) is 5.92 Å². The maximum Gasteiger partial charge on any atom is 0.227 e. The number of piperidine rings is 1. The minimum absolute atomic E-state index is 0.0206. The Hall–Kier alpha value is -2.57. The van der Waals surface area contributed by atoms with E-state index in [1.165, 1.54) is 5.56 Å². The molecule has 38 heavy (non-hydrogen) atoms. The van der Waals surface area contributed by atoms with Gasteiger partial charge in [-0.25, -0.2) is 0 Å². The second kappa shape index (κ2) is 12.5. The average molecular weight is 554 g/mol. The van der Waals surface area contributed by atoms with E-state index in [0.717, 1.165) is 43.5 Å². The van der Waals surface area contributed by atoms with Crippen LogP contribution in [0.15, 0.2) is 66.7 Å². The van der Waals surface area contributed by atoms with Crippen LogP contribution in [0.3, 0.4) is 0 Å². The lowest BCUT2D eigenvalue weighted by molar-refractivity contribution is -0.119. The van der Waals surface area contributed by atoms with E-state index in [1.807, 2.05) is 30.3 Å². The van der Waals surface area contributed by atoms with E-state index >= 15 is 0 Å². The van der Waals surface area contributed by atoms with Gasteiger partial charge in [-0.2, -0.15) is 0 Å². The molecule has 2 aliphatic heterocycles. The minimum atomic E-state index is -0.645. The summed E-state index contributed by atoms with van der Waals surface area (Å²) in [5, 5.41) is 11.6. The summed E-state index contributed by atoms with van der Waals surface area (Å²) < 4.78 is 6.12. The number of rotatable bonds is 9. The molecule has 0 bridgehead atoms. The van der Waals surface area contributed by atoms with Crippen LogP contribution in [0.25, 0.3) is 0 Å². The highest BCUT2D eigenvalue weighted by molar-refractivity contribution is 6.38. The van der Waals surface area contributed by atoms with Crippen molar-refractivity contribution >= 4 is 34.8 Å². The Morgan fingerprint density at radius 1 is 0.921 bits per heavy atom. The maximum absolute atomic E-state index is 12.9. The van der Waals surface area contributed by atoms with Crippen LogP contribution in [0.1, 0.15) is 36.0 Å². The molecule has 1 amide bonds. The molecule has 0 saturated carbocycles. The highest BCUT2D eigenvalue weighted by Crippen LogP contribution is 2.45. The van der Waals surface area contributed by atoms with Crippen molar-refractivity contribution < 1.29 is 14.6 Å². The van der Waals surface area contributed by atoms with E-state index in [1.54, 1.807) is 11.0 Å². The molecule has 1 atom stereocenters. The van der Waals surface area contributed by atoms with Crippen LogP contribution >= 0.6 is 23.2 Å². The Balaban J connectivity index is 1.20. The fraction of sp³-hybridized carbons (Fsp3) is 0.387. The first-order valence-electron chi connectivity index (χ1n) is 13.4. The number of halogens is 2. The van der Waals surface area contributed by atoms with Gasteiger partial charge < -0.3 is 19.6 Å². The number of aliphatic hydroxyl groups is 1. The fourth-order valence-corrected chi connectivity index (χ4v) is 6.26. The van der Waals surface area contributed by atoms with Gasteiger partial charge in [0, 0.05) is 18.5 Å². The van der Waals surface area contributed by atoms with Crippen LogP contribution in [0.4, 0.5) is 5.69 Å². The van der Waals surface area contributed by atoms with Gasteiger partial charge in [0.05, 0.1) is 22.3 Å². The molecule has 1 saturated heterocycles. The number of carbonyl (C=O) groups excluding carboxylic acids is 1. The van der Waals surface area contributed by atoms with E-state index in [-0.39, 0.29) is 12.5 Å². The maximum atomic E-state index is 12.9. The molecule has 5 nitrogen and oxygen atoms in total. The average Bonchev–Trinajstić information content (AvgIpc) is 2.92. The Morgan fingerprint density at radius 3 is 2.26 bits per heavy atom. The van der Waals surface area contributed by atoms with Gasteiger partial charge in [-0.3, -0.25) is 4.79 Å². The van der Waals surface area contributed by atoms with Crippen LogP contribution in [-0.2, 0) is 24.2 Å². The van der Waals surface area contributed by atoms with Crippen molar-refractivity contribution in [2.75, 3.05) is 31.1 Å². The lowest BCUT2D eigenvalue weighted by Gasteiger charge is -2.34. The van der Waals surface area contributed by atoms with Crippen molar-refractivity contribution in [3.05, 3.63) is 93.5 Å². The highest BCUT2D eigenvalue weighted by atomic mass is 35.5. The number of ether oxygens (including phenoxy) is 1. The lowest BCUT2D eigenvalue weighted by Crippen LogP contribution is -2.41. The predicted molar refractivity (Wildman–Crippen MR) is 153 cm³/mol. The Labute approximate surface area is 234 Å². The van der Waals surface area contributed by atoms with Gasteiger partial charge in [-0.15, -0.1) is 0 Å². The number of β-amino-alcohol motifs (C(OH)–C–C–N with tert-alkyl or cyclic N) is 1. The second-order valence-corrected chi connectivity index (χ2v) is 11.2. The zero-order chi connectivity index (χ0) is 26.5. The van der Waals surface area contributed by atoms with E-state index in [2.05, 4.69) is 35.2 Å². The number of carbonyl (C=O) groups is 1. The molecule has 2 aliphatic rings. The summed E-state index contributed by atoms with van der Waals surface area (Å²) in [5.74, 6) is 1.22. The summed E-state index contributed by atoms with van der Waals surface area (Å²) in [6.45, 7) is 3.06. The number of anilines is 1. The first-order valence-corrected chi connectivity index (χ1v) is 14.2. The monoisotopic (exact) mass is 552 g/mol. The quantitative estimate of drug-likeness (QED) is 0.345. The largest absolute Gasteiger partial charge is 0.489 e. The molecule has 0 radical (unpaired) electrons. The van der Waals surface area contributed by atoms with E-state index in [4.69, 9.17) is 27.9 Å². The van der Waals surface area contributed by atoms with E-state index in [9.17, 15) is 9.90 Å². The van der Waals surface area contributed by atoms with Crippen molar-refractivity contribution in [1.82, 2.24) is 4.90 Å². The molecule has 1 N–H and O–H groups in total. The van der Waals surface area contributed by atoms with Gasteiger partial charge in [0.25, 0.3) is 0 Å². The summed E-state index contributed by atoms with van der Waals surface area (Å²) in [6, 6.07) is 22.1. The third-order valence-electron chi connectivity index (χ3n) is 7.56. The van der Waals surface area contributed by atoms with Crippen LogP contribution < -0.4 is 9.64 Å². The van der Waals surface area contributed by atoms with Crippen LogP contribution in [0.2, 0.25) is 10.0 Å². The fourth-order valence-electron chi connectivity index (χ4n) is 5.60. The van der Waals surface area contributed by atoms with Crippen molar-refractivity contribution in [3.8, 4) is 5.75 Å². The second-order valence-electron chi connectivity index (χ2n) is 10.4. The SMILES string of the molecule is O=C1CCc2c(OCC(O)CN3CCC(Cc4ccccc4)CC3)c(Cl)cc(Cl)c2N1Cc1ccccc1. The number of benzene rings is 3. The third kappa shape index (κ3) is 6.52. The van der Waals surface area contributed by atoms with Crippen LogP contribution in [-0.4, -0.2) is 48.3 Å². The zero-order valence-corrected chi connectivity index (χ0v) is 23.0. The first kappa shape index (κ1) is 27.0. The number of fused-ring (bicyclic) bond motifs is 1. The molecule has 5 rings (SSSR count). The van der Waals surface area contributed by atoms with Gasteiger partial charge in [-0.1, -0.05) is 83.9 Å². The zero-order valence-electron chi connectivity index (χ0n) is 21.5. The molecule has 2 heterocycles. The predicted octanol–water partition coefficient (Wildman–Crippen LogP) is 6.17. The van der Waals surface area contributed by atoms with E-state index < -0.39 is 6.10 Å². The standard InChI is InChI=1S/C31H34Cl2N2O3/c32-27-18-28(33)31(26-11-12-29(37)35(30(26)27)19-24-9-5-2-6-10-24)38-21-25(36)20-34-15-13-23(14-16-34)17-22-7-3-1-4-8-22/h1-10,18,23,25,36H,11-17,19-21H2. The Bertz CT molecular complexity index is 1230. The molecule has 0 spiro atoms. The number of likely N-dealkylation sites (tertiary alicyclic amines) is 1. The summed E-state index contributed by atoms with van der Waals surface area (Å²) >= 11 is 13.2. The Morgan fingerprint density at radius 2 is 1.58 bits per heavy atom. The number of nitrogens with zero attached hydrogens (tertiary/aromatic N) is 2. The number of hydrogen-bond donors (Lipinski definition) is 1. The van der Waals surface area contributed by atoms with Crippen molar-refractivity contribution in [1.29, 1.82) is 0 Å². The first-order chi connectivity index (χ1) is 18.5. The summed E-state index contributed by atoms with van der Waals surface area (Å²) in [5.41, 5.74) is 3.89. The topological polar surface area (TPSA) is 53.0 Å². The summed E-state index contributed by atoms with van der Waals surface area (Å²) in [4.78, 5) is 16.9. The molecule has 1 fully saturated rings. The number of aliphatic hydroxyl groups excluding tert-OH is 1. The van der Waals surface area contributed by atoms with Gasteiger partial charge in [-0.05, 0) is 61.9 Å².